The van der Waals surface area contributed by atoms with Crippen LogP contribution in [0.15, 0.2) is 36.4 Å². The summed E-state index contributed by atoms with van der Waals surface area (Å²) < 4.78 is 5.75. The Bertz CT molecular complexity index is 783. The Morgan fingerprint density at radius 2 is 1.96 bits per heavy atom. The van der Waals surface area contributed by atoms with Gasteiger partial charge >= 0.3 is 0 Å². The van der Waals surface area contributed by atoms with Crippen LogP contribution in [0, 0.1) is 0 Å². The van der Waals surface area contributed by atoms with E-state index in [4.69, 9.17) is 33.7 Å². The summed E-state index contributed by atoms with van der Waals surface area (Å²) in [6.07, 6.45) is 1.06. The van der Waals surface area contributed by atoms with Gasteiger partial charge in [-0.2, -0.15) is 0 Å². The van der Waals surface area contributed by atoms with Crippen molar-refractivity contribution in [1.82, 2.24) is 0 Å². The van der Waals surface area contributed by atoms with Crippen LogP contribution >= 0.6 is 35.6 Å². The number of fused-ring (bicyclic) bond motifs is 1. The predicted molar refractivity (Wildman–Crippen MR) is 105 cm³/mol. The largest absolute Gasteiger partial charge is 0.479 e. The zero-order valence-corrected chi connectivity index (χ0v) is 16.0. The summed E-state index contributed by atoms with van der Waals surface area (Å²) in [6.45, 7) is 2.35. The Morgan fingerprint density at radius 3 is 2.72 bits per heavy atom. The Morgan fingerprint density at radius 1 is 1.24 bits per heavy atom. The van der Waals surface area contributed by atoms with E-state index in [2.05, 4.69) is 0 Å². The first-order valence-corrected chi connectivity index (χ1v) is 8.54. The van der Waals surface area contributed by atoms with Crippen molar-refractivity contribution in [2.75, 3.05) is 17.2 Å². The van der Waals surface area contributed by atoms with E-state index in [1.807, 2.05) is 18.2 Å². The first-order valence-electron chi connectivity index (χ1n) is 7.78. The number of anilines is 2. The van der Waals surface area contributed by atoms with Crippen LogP contribution in [-0.2, 0) is 11.2 Å². The number of carbonyl (C=O) groups is 1. The van der Waals surface area contributed by atoms with E-state index in [0.29, 0.717) is 22.3 Å². The molecule has 1 aliphatic rings. The fourth-order valence-electron chi connectivity index (χ4n) is 2.92. The van der Waals surface area contributed by atoms with Crippen LogP contribution in [0.25, 0.3) is 0 Å². The molecule has 0 aromatic heterocycles. The van der Waals surface area contributed by atoms with Crippen molar-refractivity contribution >= 4 is 52.9 Å². The molecule has 0 radical (unpaired) electrons. The average molecular weight is 402 g/mol. The number of rotatable bonds is 3. The second-order valence-corrected chi connectivity index (χ2v) is 6.54. The highest BCUT2D eigenvalue weighted by Gasteiger charge is 2.28. The van der Waals surface area contributed by atoms with E-state index in [1.54, 1.807) is 30.0 Å². The lowest BCUT2D eigenvalue weighted by Crippen LogP contribution is -2.43. The van der Waals surface area contributed by atoms with Crippen molar-refractivity contribution in [3.8, 4) is 5.75 Å². The first-order chi connectivity index (χ1) is 11.5. The summed E-state index contributed by atoms with van der Waals surface area (Å²) in [7, 11) is 0. The van der Waals surface area contributed by atoms with Gasteiger partial charge in [0, 0.05) is 17.9 Å². The van der Waals surface area contributed by atoms with Crippen LogP contribution in [0.1, 0.15) is 18.9 Å². The molecule has 0 bridgehead atoms. The van der Waals surface area contributed by atoms with Gasteiger partial charge in [0.15, 0.2) is 6.10 Å². The summed E-state index contributed by atoms with van der Waals surface area (Å²) in [5, 5.41) is 0.701. The van der Waals surface area contributed by atoms with Crippen LogP contribution in [0.4, 0.5) is 11.4 Å². The second kappa shape index (κ2) is 8.17. The molecule has 0 fully saturated rings. The Balaban J connectivity index is 0.00000225. The maximum Gasteiger partial charge on any atom is 0.267 e. The zero-order valence-electron chi connectivity index (χ0n) is 13.7. The minimum atomic E-state index is -0.687. The van der Waals surface area contributed by atoms with Crippen LogP contribution in [0.3, 0.4) is 0 Å². The van der Waals surface area contributed by atoms with E-state index in [0.717, 1.165) is 29.8 Å². The monoisotopic (exact) mass is 400 g/mol. The molecule has 1 unspecified atom stereocenters. The number of nitrogens with zero attached hydrogens (tertiary/aromatic N) is 1. The lowest BCUT2D eigenvalue weighted by atomic mass is 9.99. The van der Waals surface area contributed by atoms with Gasteiger partial charge in [-0.15, -0.1) is 12.4 Å². The Kier molecular flexibility index (Phi) is 6.44. The molecule has 0 saturated carbocycles. The topological polar surface area (TPSA) is 55.6 Å². The average Bonchev–Trinajstić information content (AvgIpc) is 2.58. The number of ether oxygens (including phenoxy) is 1. The molecule has 0 aliphatic carbocycles. The molecule has 134 valence electrons. The molecule has 4 nitrogen and oxygen atoms in total. The smallest absolute Gasteiger partial charge is 0.267 e. The number of carbonyl (C=O) groups excluding carboxylic acids is 1. The maximum atomic E-state index is 12.9. The molecule has 1 atom stereocenters. The van der Waals surface area contributed by atoms with Gasteiger partial charge < -0.3 is 15.4 Å². The van der Waals surface area contributed by atoms with E-state index >= 15 is 0 Å². The molecular formula is C18H19Cl3N2O2. The number of hydrogen-bond acceptors (Lipinski definition) is 3. The normalized spacial score (nSPS) is 14.3. The van der Waals surface area contributed by atoms with Crippen molar-refractivity contribution in [2.45, 2.75) is 25.9 Å². The third-order valence-corrected chi connectivity index (χ3v) is 4.92. The molecule has 1 heterocycles. The Hall–Kier alpha value is -1.62. The number of halogens is 3. The van der Waals surface area contributed by atoms with Gasteiger partial charge in [0.2, 0.25) is 0 Å². The molecule has 2 aromatic rings. The molecule has 0 saturated heterocycles. The predicted octanol–water partition coefficient (Wildman–Crippen LogP) is 4.74. The van der Waals surface area contributed by atoms with Crippen molar-refractivity contribution in [2.24, 2.45) is 0 Å². The SMILES string of the molecule is CC(Oc1cccc(Cl)c1Cl)C(=O)N1CCCc2c(N)cccc21.Cl. The van der Waals surface area contributed by atoms with Gasteiger partial charge in [-0.1, -0.05) is 35.3 Å². The third-order valence-electron chi connectivity index (χ3n) is 4.12. The second-order valence-electron chi connectivity index (χ2n) is 5.75. The van der Waals surface area contributed by atoms with Crippen molar-refractivity contribution < 1.29 is 9.53 Å². The minimum Gasteiger partial charge on any atom is -0.479 e. The number of amides is 1. The van der Waals surface area contributed by atoms with Gasteiger partial charge in [-0.25, -0.2) is 0 Å². The molecule has 25 heavy (non-hydrogen) atoms. The summed E-state index contributed by atoms with van der Waals surface area (Å²) in [5.41, 5.74) is 8.64. The highest BCUT2D eigenvalue weighted by Crippen LogP contribution is 2.34. The van der Waals surface area contributed by atoms with Crippen LogP contribution in [0.2, 0.25) is 10.0 Å². The molecule has 3 rings (SSSR count). The van der Waals surface area contributed by atoms with Gasteiger partial charge in [-0.05, 0) is 49.6 Å². The maximum absolute atomic E-state index is 12.9. The van der Waals surface area contributed by atoms with Gasteiger partial charge in [0.25, 0.3) is 5.91 Å². The fraction of sp³-hybridized carbons (Fsp3) is 0.278. The molecule has 1 amide bonds. The van der Waals surface area contributed by atoms with E-state index in [9.17, 15) is 4.79 Å². The molecule has 2 N–H and O–H groups in total. The molecular weight excluding hydrogens is 383 g/mol. The summed E-state index contributed by atoms with van der Waals surface area (Å²) in [5.74, 6) is 0.271. The van der Waals surface area contributed by atoms with Crippen molar-refractivity contribution in [3.05, 3.63) is 52.0 Å². The van der Waals surface area contributed by atoms with E-state index in [1.165, 1.54) is 0 Å². The fourth-order valence-corrected chi connectivity index (χ4v) is 3.25. The number of benzene rings is 2. The van der Waals surface area contributed by atoms with Gasteiger partial charge in [0.05, 0.1) is 5.02 Å². The lowest BCUT2D eigenvalue weighted by molar-refractivity contribution is -0.124. The number of nitrogen functional groups attached to an aromatic ring is 1. The van der Waals surface area contributed by atoms with Crippen LogP contribution in [-0.4, -0.2) is 18.6 Å². The summed E-state index contributed by atoms with van der Waals surface area (Å²) in [6, 6.07) is 10.7. The van der Waals surface area contributed by atoms with Crippen molar-refractivity contribution in [3.63, 3.8) is 0 Å². The third kappa shape index (κ3) is 3.97. The Labute approximate surface area is 163 Å². The minimum absolute atomic E-state index is 0. The molecule has 1 aliphatic heterocycles. The molecule has 0 spiro atoms. The quantitative estimate of drug-likeness (QED) is 0.755. The van der Waals surface area contributed by atoms with E-state index < -0.39 is 6.10 Å². The summed E-state index contributed by atoms with van der Waals surface area (Å²) >= 11 is 12.1. The number of hydrogen-bond donors (Lipinski definition) is 1. The zero-order chi connectivity index (χ0) is 17.3. The standard InChI is InChI=1S/C18H18Cl2N2O2.ClH/c1-11(24-16-9-2-6-13(19)17(16)20)18(23)22-10-4-5-12-14(21)7-3-8-15(12)22;/h2-3,6-9,11H,4-5,10,21H2,1H3;1H. The highest BCUT2D eigenvalue weighted by molar-refractivity contribution is 6.42. The highest BCUT2D eigenvalue weighted by atomic mass is 35.5. The van der Waals surface area contributed by atoms with Crippen LogP contribution < -0.4 is 15.4 Å². The molecule has 2 aromatic carbocycles. The first kappa shape index (κ1) is 19.7. The van der Waals surface area contributed by atoms with Gasteiger partial charge in [-0.3, -0.25) is 4.79 Å². The summed E-state index contributed by atoms with van der Waals surface area (Å²) in [4.78, 5) is 14.6. The van der Waals surface area contributed by atoms with Crippen LogP contribution in [0.5, 0.6) is 5.75 Å². The molecule has 7 heteroatoms. The number of nitrogens with two attached hydrogens (primary N) is 1. The lowest BCUT2D eigenvalue weighted by Gasteiger charge is -2.32. The van der Waals surface area contributed by atoms with E-state index in [-0.39, 0.29) is 18.3 Å². The van der Waals surface area contributed by atoms with Gasteiger partial charge in [0.1, 0.15) is 10.8 Å². The van der Waals surface area contributed by atoms with Crippen molar-refractivity contribution in [1.29, 1.82) is 0 Å².